The topological polar surface area (TPSA) is 74.4 Å². The zero-order valence-electron chi connectivity index (χ0n) is 19.5. The second kappa shape index (κ2) is 11.1. The van der Waals surface area contributed by atoms with Crippen molar-refractivity contribution in [2.24, 2.45) is 0 Å². The van der Waals surface area contributed by atoms with Gasteiger partial charge in [0.05, 0.1) is 0 Å². The van der Waals surface area contributed by atoms with Crippen LogP contribution in [-0.4, -0.2) is 36.7 Å². The van der Waals surface area contributed by atoms with E-state index in [0.717, 1.165) is 72.4 Å². The summed E-state index contributed by atoms with van der Waals surface area (Å²) in [5.41, 5.74) is 4.99. The second-order valence-corrected chi connectivity index (χ2v) is 9.36. The van der Waals surface area contributed by atoms with Crippen LogP contribution in [0.2, 0.25) is 0 Å². The number of amides is 1. The van der Waals surface area contributed by atoms with Gasteiger partial charge in [0, 0.05) is 59.3 Å². The first-order valence-corrected chi connectivity index (χ1v) is 12.3. The summed E-state index contributed by atoms with van der Waals surface area (Å²) < 4.78 is 6.41. The molecule has 7 heteroatoms. The average molecular weight is 504 g/mol. The van der Waals surface area contributed by atoms with Crippen molar-refractivity contribution in [1.29, 1.82) is 0 Å². The molecule has 0 radical (unpaired) electrons. The lowest BCUT2D eigenvalue weighted by Crippen LogP contribution is -2.40. The first-order valence-electron chi connectivity index (χ1n) is 11.5. The molecular formula is C25H34BrN3O3. The van der Waals surface area contributed by atoms with Gasteiger partial charge in [0.2, 0.25) is 0 Å². The Hall–Kier alpha value is -2.12. The molecule has 174 valence electrons. The molecule has 3 rings (SSSR count). The van der Waals surface area contributed by atoms with Crippen molar-refractivity contribution in [3.05, 3.63) is 61.0 Å². The highest BCUT2D eigenvalue weighted by atomic mass is 79.9. The molecule has 1 fully saturated rings. The second-order valence-electron chi connectivity index (χ2n) is 8.44. The number of nitrogens with zero attached hydrogens (tertiary/aromatic N) is 1. The van der Waals surface area contributed by atoms with E-state index < -0.39 is 0 Å². The number of H-pyrrole nitrogens is 1. The van der Waals surface area contributed by atoms with Crippen LogP contribution in [0.1, 0.15) is 65.9 Å². The van der Waals surface area contributed by atoms with E-state index in [-0.39, 0.29) is 18.0 Å². The minimum atomic E-state index is -0.171. The molecular weight excluding hydrogens is 470 g/mol. The average Bonchev–Trinajstić information content (AvgIpc) is 2.76. The highest BCUT2D eigenvalue weighted by Gasteiger charge is 2.24. The lowest BCUT2D eigenvalue weighted by molar-refractivity contribution is 0.0845. The van der Waals surface area contributed by atoms with E-state index in [1.54, 1.807) is 0 Å². The third-order valence-electron chi connectivity index (χ3n) is 6.18. The number of anilines is 1. The van der Waals surface area contributed by atoms with Crippen LogP contribution in [0.5, 0.6) is 0 Å². The van der Waals surface area contributed by atoms with Gasteiger partial charge in [-0.3, -0.25) is 9.59 Å². The van der Waals surface area contributed by atoms with Gasteiger partial charge in [-0.2, -0.15) is 0 Å². The fourth-order valence-corrected chi connectivity index (χ4v) is 5.00. The van der Waals surface area contributed by atoms with Gasteiger partial charge in [-0.25, -0.2) is 0 Å². The van der Waals surface area contributed by atoms with Crippen LogP contribution in [0.25, 0.3) is 0 Å². The number of hydrogen-bond acceptors (Lipinski definition) is 4. The van der Waals surface area contributed by atoms with E-state index in [0.29, 0.717) is 17.2 Å². The molecule has 1 amide bonds. The van der Waals surface area contributed by atoms with Gasteiger partial charge in [0.1, 0.15) is 0 Å². The number of aromatic amines is 1. The number of rotatable bonds is 8. The number of aromatic nitrogens is 1. The van der Waals surface area contributed by atoms with Gasteiger partial charge < -0.3 is 19.9 Å². The zero-order valence-corrected chi connectivity index (χ0v) is 21.1. The maximum Gasteiger partial charge on any atom is 0.253 e. The molecule has 0 saturated carbocycles. The van der Waals surface area contributed by atoms with Crippen LogP contribution in [0.3, 0.4) is 0 Å². The molecule has 2 aromatic rings. The van der Waals surface area contributed by atoms with E-state index in [1.165, 1.54) is 0 Å². The summed E-state index contributed by atoms with van der Waals surface area (Å²) >= 11 is 3.60. The maximum absolute atomic E-state index is 13.2. The molecule has 0 aliphatic carbocycles. The predicted molar refractivity (Wildman–Crippen MR) is 133 cm³/mol. The normalized spacial score (nSPS) is 14.4. The Bertz CT molecular complexity index is 1010. The lowest BCUT2D eigenvalue weighted by Gasteiger charge is -2.36. The first-order chi connectivity index (χ1) is 15.3. The van der Waals surface area contributed by atoms with E-state index in [1.807, 2.05) is 26.0 Å². The van der Waals surface area contributed by atoms with Gasteiger partial charge in [0.15, 0.2) is 0 Å². The molecule has 32 heavy (non-hydrogen) atoms. The summed E-state index contributed by atoms with van der Waals surface area (Å²) in [4.78, 5) is 31.0. The fourth-order valence-electron chi connectivity index (χ4n) is 4.56. The predicted octanol–water partition coefficient (Wildman–Crippen LogP) is 4.64. The number of halogens is 1. The summed E-state index contributed by atoms with van der Waals surface area (Å²) in [5.74, 6) is -0.171. The van der Waals surface area contributed by atoms with Crippen molar-refractivity contribution >= 4 is 27.5 Å². The number of carbonyl (C=O) groups excluding carboxylic acids is 1. The quantitative estimate of drug-likeness (QED) is 0.549. The highest BCUT2D eigenvalue weighted by Crippen LogP contribution is 2.31. The lowest BCUT2D eigenvalue weighted by atomic mass is 10.0. The van der Waals surface area contributed by atoms with Crippen molar-refractivity contribution in [2.75, 3.05) is 24.7 Å². The largest absolute Gasteiger partial charge is 0.381 e. The third-order valence-corrected chi connectivity index (χ3v) is 6.64. The van der Waals surface area contributed by atoms with Crippen LogP contribution >= 0.6 is 15.9 Å². The minimum Gasteiger partial charge on any atom is -0.381 e. The van der Waals surface area contributed by atoms with Crippen molar-refractivity contribution in [3.63, 3.8) is 0 Å². The van der Waals surface area contributed by atoms with Crippen LogP contribution < -0.4 is 15.8 Å². The molecule has 0 bridgehead atoms. The van der Waals surface area contributed by atoms with Crippen LogP contribution in [0, 0.1) is 13.8 Å². The number of carbonyl (C=O) groups is 1. The van der Waals surface area contributed by atoms with E-state index in [2.05, 4.69) is 51.0 Å². The van der Waals surface area contributed by atoms with Crippen molar-refractivity contribution in [3.8, 4) is 0 Å². The number of ether oxygens (including phenoxy) is 1. The van der Waals surface area contributed by atoms with Gasteiger partial charge >= 0.3 is 0 Å². The number of nitrogens with one attached hydrogen (secondary N) is 2. The molecule has 0 atom stereocenters. The first kappa shape index (κ1) is 24.5. The fraction of sp³-hybridized carbons (Fsp3) is 0.520. The van der Waals surface area contributed by atoms with Crippen LogP contribution in [0.15, 0.2) is 27.5 Å². The van der Waals surface area contributed by atoms with Gasteiger partial charge in [-0.15, -0.1) is 0 Å². The van der Waals surface area contributed by atoms with E-state index in [9.17, 15) is 9.59 Å². The van der Waals surface area contributed by atoms with E-state index >= 15 is 0 Å². The Morgan fingerprint density at radius 2 is 1.94 bits per heavy atom. The molecule has 0 unspecified atom stereocenters. The van der Waals surface area contributed by atoms with Crippen molar-refractivity contribution in [2.45, 2.75) is 66.0 Å². The summed E-state index contributed by atoms with van der Waals surface area (Å²) in [7, 11) is 0. The minimum absolute atomic E-state index is 0.128. The highest BCUT2D eigenvalue weighted by molar-refractivity contribution is 9.10. The third kappa shape index (κ3) is 5.62. The Morgan fingerprint density at radius 1 is 1.22 bits per heavy atom. The molecule has 1 aliphatic rings. The SMILES string of the molecule is CCCc1cc(C)[nH]c(=O)c1CNC(=O)c1cc(Br)cc(N(CC)C2CCOCC2)c1C. The van der Waals surface area contributed by atoms with Crippen LogP contribution in [0.4, 0.5) is 5.69 Å². The number of aryl methyl sites for hydroxylation is 2. The summed E-state index contributed by atoms with van der Waals surface area (Å²) in [6.45, 7) is 10.7. The number of benzene rings is 1. The van der Waals surface area contributed by atoms with E-state index in [4.69, 9.17) is 4.74 Å². The van der Waals surface area contributed by atoms with Gasteiger partial charge in [-0.05, 0) is 69.4 Å². The molecule has 1 aromatic heterocycles. The summed E-state index contributed by atoms with van der Waals surface area (Å²) in [6.07, 6.45) is 3.72. The Kier molecular flexibility index (Phi) is 8.54. The summed E-state index contributed by atoms with van der Waals surface area (Å²) in [5, 5.41) is 2.99. The molecule has 1 aliphatic heterocycles. The molecule has 2 N–H and O–H groups in total. The smallest absolute Gasteiger partial charge is 0.253 e. The number of hydrogen-bond donors (Lipinski definition) is 2. The van der Waals surface area contributed by atoms with Crippen molar-refractivity contribution < 1.29 is 9.53 Å². The Balaban J connectivity index is 1.86. The maximum atomic E-state index is 13.2. The Labute approximate surface area is 198 Å². The molecule has 2 heterocycles. The van der Waals surface area contributed by atoms with Crippen LogP contribution in [-0.2, 0) is 17.7 Å². The van der Waals surface area contributed by atoms with Crippen molar-refractivity contribution in [1.82, 2.24) is 10.3 Å². The molecule has 1 saturated heterocycles. The monoisotopic (exact) mass is 503 g/mol. The molecule has 0 spiro atoms. The zero-order chi connectivity index (χ0) is 23.3. The summed E-state index contributed by atoms with van der Waals surface area (Å²) in [6, 6.07) is 6.36. The van der Waals surface area contributed by atoms with Gasteiger partial charge in [0.25, 0.3) is 11.5 Å². The Morgan fingerprint density at radius 3 is 2.59 bits per heavy atom. The van der Waals surface area contributed by atoms with Gasteiger partial charge in [-0.1, -0.05) is 29.3 Å². The number of pyridine rings is 1. The standard InChI is InChI=1S/C25H34BrN3O3/c1-5-7-18-12-16(3)28-25(31)22(18)15-27-24(30)21-13-19(26)14-23(17(21)4)29(6-2)20-8-10-32-11-9-20/h12-14,20H,5-11,15H2,1-4H3,(H,27,30)(H,28,31). The molecule has 6 nitrogen and oxygen atoms in total. The molecule has 1 aromatic carbocycles.